The molecular weight excluding hydrogens is 216 g/mol. The number of amides is 1. The first-order chi connectivity index (χ1) is 8.15. The first-order valence-corrected chi connectivity index (χ1v) is 6.86. The van der Waals surface area contributed by atoms with Crippen LogP contribution in [0.1, 0.15) is 45.4 Å². The highest BCUT2D eigenvalue weighted by molar-refractivity contribution is 5.67. The molecule has 0 aromatic heterocycles. The van der Waals surface area contributed by atoms with Crippen molar-refractivity contribution in [3.05, 3.63) is 0 Å². The van der Waals surface area contributed by atoms with E-state index in [1.54, 1.807) is 0 Å². The number of hydrogen-bond donors (Lipinski definition) is 1. The van der Waals surface area contributed by atoms with Crippen LogP contribution in [0, 0.1) is 5.92 Å². The Labute approximate surface area is 103 Å². The Hall–Kier alpha value is -0.770. The molecule has 2 N–H and O–H groups in total. The summed E-state index contributed by atoms with van der Waals surface area (Å²) in [5, 5.41) is 0. The van der Waals surface area contributed by atoms with Crippen LogP contribution >= 0.6 is 0 Å². The lowest BCUT2D eigenvalue weighted by atomic mass is 9.77. The minimum absolute atomic E-state index is 0.0563. The van der Waals surface area contributed by atoms with Crippen LogP contribution in [0.25, 0.3) is 0 Å². The number of hydrogen-bond acceptors (Lipinski definition) is 3. The quantitative estimate of drug-likeness (QED) is 0.804. The fourth-order valence-electron chi connectivity index (χ4n) is 3.29. The van der Waals surface area contributed by atoms with E-state index in [4.69, 9.17) is 10.5 Å². The summed E-state index contributed by atoms with van der Waals surface area (Å²) in [5.74, 6) is 0.593. The summed E-state index contributed by atoms with van der Waals surface area (Å²) in [5.41, 5.74) is 6.54. The normalized spacial score (nSPS) is 24.9. The SMILES string of the molecule is CCOC(=O)N1CCC(C2(N)CCCC2)CC1. The van der Waals surface area contributed by atoms with Crippen LogP contribution in [-0.4, -0.2) is 36.2 Å². The van der Waals surface area contributed by atoms with Gasteiger partial charge in [0.1, 0.15) is 0 Å². The molecule has 2 aliphatic rings. The van der Waals surface area contributed by atoms with Crippen molar-refractivity contribution in [3.63, 3.8) is 0 Å². The van der Waals surface area contributed by atoms with Gasteiger partial charge in [-0.1, -0.05) is 12.8 Å². The molecule has 2 rings (SSSR count). The van der Waals surface area contributed by atoms with Crippen molar-refractivity contribution >= 4 is 6.09 Å². The molecule has 17 heavy (non-hydrogen) atoms. The van der Waals surface area contributed by atoms with Crippen LogP contribution in [0.4, 0.5) is 4.79 Å². The molecule has 1 heterocycles. The maximum Gasteiger partial charge on any atom is 0.409 e. The van der Waals surface area contributed by atoms with Crippen molar-refractivity contribution in [1.29, 1.82) is 0 Å². The minimum Gasteiger partial charge on any atom is -0.450 e. The summed E-state index contributed by atoms with van der Waals surface area (Å²) < 4.78 is 5.02. The summed E-state index contributed by atoms with van der Waals surface area (Å²) in [6.07, 6.45) is 6.78. The van der Waals surface area contributed by atoms with Crippen LogP contribution in [0.5, 0.6) is 0 Å². The molecule has 1 aliphatic heterocycles. The zero-order valence-electron chi connectivity index (χ0n) is 10.8. The first-order valence-electron chi connectivity index (χ1n) is 6.86. The van der Waals surface area contributed by atoms with Crippen molar-refractivity contribution in [1.82, 2.24) is 4.90 Å². The summed E-state index contributed by atoms with van der Waals surface area (Å²) in [6.45, 7) is 3.92. The third kappa shape index (κ3) is 2.73. The molecule has 4 nitrogen and oxygen atoms in total. The number of carbonyl (C=O) groups excluding carboxylic acids is 1. The third-order valence-corrected chi connectivity index (χ3v) is 4.37. The lowest BCUT2D eigenvalue weighted by Crippen LogP contribution is -2.50. The van der Waals surface area contributed by atoms with Crippen LogP contribution in [-0.2, 0) is 4.74 Å². The average Bonchev–Trinajstić information content (AvgIpc) is 2.78. The Morgan fingerprint density at radius 1 is 1.35 bits per heavy atom. The highest BCUT2D eigenvalue weighted by atomic mass is 16.6. The molecule has 1 amide bonds. The predicted molar refractivity (Wildman–Crippen MR) is 66.7 cm³/mol. The van der Waals surface area contributed by atoms with E-state index >= 15 is 0 Å². The van der Waals surface area contributed by atoms with E-state index in [0.29, 0.717) is 12.5 Å². The molecule has 0 radical (unpaired) electrons. The van der Waals surface area contributed by atoms with Crippen LogP contribution in [0.15, 0.2) is 0 Å². The van der Waals surface area contributed by atoms with E-state index in [-0.39, 0.29) is 11.6 Å². The van der Waals surface area contributed by atoms with Gasteiger partial charge in [-0.3, -0.25) is 0 Å². The fourth-order valence-corrected chi connectivity index (χ4v) is 3.29. The monoisotopic (exact) mass is 240 g/mol. The molecule has 0 unspecified atom stereocenters. The Morgan fingerprint density at radius 3 is 2.47 bits per heavy atom. The largest absolute Gasteiger partial charge is 0.450 e. The molecule has 0 aromatic rings. The van der Waals surface area contributed by atoms with Crippen LogP contribution < -0.4 is 5.73 Å². The molecule has 1 saturated carbocycles. The van der Waals surface area contributed by atoms with E-state index in [2.05, 4.69) is 0 Å². The average molecular weight is 240 g/mol. The lowest BCUT2D eigenvalue weighted by Gasteiger charge is -2.40. The standard InChI is InChI=1S/C13H24N2O2/c1-2-17-12(16)15-9-5-11(6-10-15)13(14)7-3-4-8-13/h11H,2-10,14H2,1H3. The topological polar surface area (TPSA) is 55.6 Å². The van der Waals surface area contributed by atoms with Gasteiger partial charge < -0.3 is 15.4 Å². The van der Waals surface area contributed by atoms with Gasteiger partial charge in [-0.2, -0.15) is 0 Å². The Kier molecular flexibility index (Phi) is 3.92. The highest BCUT2D eigenvalue weighted by Crippen LogP contribution is 2.38. The van der Waals surface area contributed by atoms with Gasteiger partial charge in [-0.25, -0.2) is 4.79 Å². The number of nitrogens with zero attached hydrogens (tertiary/aromatic N) is 1. The number of likely N-dealkylation sites (tertiary alicyclic amines) is 1. The second-order valence-electron chi connectivity index (χ2n) is 5.40. The van der Waals surface area contributed by atoms with Crippen molar-refractivity contribution in [2.45, 2.75) is 51.0 Å². The Morgan fingerprint density at radius 2 is 1.94 bits per heavy atom. The van der Waals surface area contributed by atoms with Crippen molar-refractivity contribution in [2.75, 3.05) is 19.7 Å². The van der Waals surface area contributed by atoms with Gasteiger partial charge in [-0.15, -0.1) is 0 Å². The van der Waals surface area contributed by atoms with Crippen LogP contribution in [0.2, 0.25) is 0 Å². The van der Waals surface area contributed by atoms with Gasteiger partial charge in [0, 0.05) is 18.6 Å². The zero-order valence-corrected chi connectivity index (χ0v) is 10.8. The van der Waals surface area contributed by atoms with Gasteiger partial charge in [0.25, 0.3) is 0 Å². The number of rotatable bonds is 2. The Balaban J connectivity index is 1.83. The number of nitrogens with two attached hydrogens (primary N) is 1. The summed E-state index contributed by atoms with van der Waals surface area (Å²) in [6, 6.07) is 0. The number of carbonyl (C=O) groups is 1. The molecule has 0 aromatic carbocycles. The van der Waals surface area contributed by atoms with Gasteiger partial charge >= 0.3 is 6.09 Å². The summed E-state index contributed by atoms with van der Waals surface area (Å²) in [7, 11) is 0. The molecule has 4 heteroatoms. The highest BCUT2D eigenvalue weighted by Gasteiger charge is 2.39. The maximum atomic E-state index is 11.6. The van der Waals surface area contributed by atoms with E-state index in [1.165, 1.54) is 12.8 Å². The molecular formula is C13H24N2O2. The smallest absolute Gasteiger partial charge is 0.409 e. The second-order valence-corrected chi connectivity index (χ2v) is 5.40. The lowest BCUT2D eigenvalue weighted by molar-refractivity contribution is 0.0799. The maximum absolute atomic E-state index is 11.6. The molecule has 1 saturated heterocycles. The molecule has 0 bridgehead atoms. The predicted octanol–water partition coefficient (Wildman–Crippen LogP) is 2.13. The second kappa shape index (κ2) is 5.25. The van der Waals surface area contributed by atoms with Gasteiger partial charge in [0.2, 0.25) is 0 Å². The zero-order chi connectivity index (χ0) is 12.3. The van der Waals surface area contributed by atoms with Crippen molar-refractivity contribution in [3.8, 4) is 0 Å². The molecule has 1 aliphatic carbocycles. The number of piperidine rings is 1. The molecule has 2 fully saturated rings. The summed E-state index contributed by atoms with van der Waals surface area (Å²) >= 11 is 0. The van der Waals surface area contributed by atoms with Gasteiger partial charge in [0.15, 0.2) is 0 Å². The van der Waals surface area contributed by atoms with E-state index in [1.807, 2.05) is 11.8 Å². The fraction of sp³-hybridized carbons (Fsp3) is 0.923. The van der Waals surface area contributed by atoms with Crippen molar-refractivity contribution in [2.24, 2.45) is 11.7 Å². The van der Waals surface area contributed by atoms with Crippen molar-refractivity contribution < 1.29 is 9.53 Å². The summed E-state index contributed by atoms with van der Waals surface area (Å²) in [4.78, 5) is 13.4. The van der Waals surface area contributed by atoms with Crippen LogP contribution in [0.3, 0.4) is 0 Å². The minimum atomic E-state index is -0.163. The van der Waals surface area contributed by atoms with Gasteiger partial charge in [0.05, 0.1) is 6.61 Å². The first kappa shape index (κ1) is 12.7. The van der Waals surface area contributed by atoms with E-state index in [0.717, 1.165) is 38.8 Å². The Bertz CT molecular complexity index is 267. The molecule has 98 valence electrons. The van der Waals surface area contributed by atoms with Gasteiger partial charge in [-0.05, 0) is 38.5 Å². The number of ether oxygens (including phenoxy) is 1. The third-order valence-electron chi connectivity index (χ3n) is 4.37. The molecule has 0 atom stereocenters. The van der Waals surface area contributed by atoms with E-state index in [9.17, 15) is 4.79 Å². The molecule has 0 spiro atoms. The van der Waals surface area contributed by atoms with E-state index < -0.39 is 0 Å².